The number of phosphoric acid groups is 1. The van der Waals surface area contributed by atoms with Crippen molar-refractivity contribution in [1.82, 2.24) is 9.80 Å². The quantitative estimate of drug-likeness (QED) is 0.341. The van der Waals surface area contributed by atoms with Gasteiger partial charge >= 0.3 is 7.82 Å². The van der Waals surface area contributed by atoms with E-state index in [4.69, 9.17) is 23.0 Å². The zero-order valence-electron chi connectivity index (χ0n) is 22.3. The van der Waals surface area contributed by atoms with Gasteiger partial charge in [-0.1, -0.05) is 30.3 Å². The molecule has 10 nitrogen and oxygen atoms in total. The number of benzene rings is 1. The Morgan fingerprint density at radius 1 is 0.737 bits per heavy atom. The number of hydrogen-bond donors (Lipinski definition) is 0. The third-order valence-corrected chi connectivity index (χ3v) is 10.1. The van der Waals surface area contributed by atoms with Crippen LogP contribution in [0.3, 0.4) is 0 Å². The number of ketones is 2. The van der Waals surface area contributed by atoms with E-state index in [0.29, 0.717) is 0 Å². The molecule has 2 atom stereocenters. The molecule has 0 aromatic heterocycles. The van der Waals surface area contributed by atoms with Gasteiger partial charge in [-0.05, 0) is 57.4 Å². The maximum absolute atomic E-state index is 14.2. The minimum Gasteiger partial charge on any atom is -0.382 e. The molecule has 0 spiro atoms. The number of piperidine rings is 6. The topological polar surface area (TPSA) is 104 Å². The van der Waals surface area contributed by atoms with Gasteiger partial charge in [0.1, 0.15) is 11.1 Å². The first-order valence-corrected chi connectivity index (χ1v) is 15.0. The van der Waals surface area contributed by atoms with Crippen LogP contribution in [-0.2, 0) is 43.8 Å². The number of ether oxygens (including phenoxy) is 2. The first-order chi connectivity index (χ1) is 18.4. The van der Waals surface area contributed by atoms with Crippen molar-refractivity contribution in [3.63, 3.8) is 0 Å². The first-order valence-electron chi connectivity index (χ1n) is 13.5. The Balaban J connectivity index is 1.37. The van der Waals surface area contributed by atoms with Gasteiger partial charge in [0.15, 0.2) is 11.6 Å². The van der Waals surface area contributed by atoms with Gasteiger partial charge in [-0.25, -0.2) is 4.57 Å². The molecular weight excluding hydrogens is 511 g/mol. The number of hydrogen-bond acceptors (Lipinski definition) is 10. The summed E-state index contributed by atoms with van der Waals surface area (Å²) in [7, 11) is -1.12. The Morgan fingerprint density at radius 3 is 1.58 bits per heavy atom. The molecule has 7 rings (SSSR count). The molecule has 38 heavy (non-hydrogen) atoms. The first kappa shape index (κ1) is 28.1. The van der Waals surface area contributed by atoms with Gasteiger partial charge in [0, 0.05) is 26.1 Å². The highest BCUT2D eigenvalue weighted by molar-refractivity contribution is 7.48. The average Bonchev–Trinajstić information content (AvgIpc) is 2.96. The van der Waals surface area contributed by atoms with Crippen LogP contribution < -0.4 is 0 Å². The van der Waals surface area contributed by atoms with Crippen LogP contribution in [0.4, 0.5) is 0 Å². The zero-order chi connectivity index (χ0) is 26.8. The van der Waals surface area contributed by atoms with Crippen molar-refractivity contribution in [1.29, 1.82) is 0 Å². The highest BCUT2D eigenvalue weighted by Crippen LogP contribution is 2.53. The van der Waals surface area contributed by atoms with Crippen molar-refractivity contribution in [2.45, 2.75) is 43.4 Å². The predicted octanol–water partition coefficient (Wildman–Crippen LogP) is 2.70. The summed E-state index contributed by atoms with van der Waals surface area (Å²) in [5, 5.41) is 0. The van der Waals surface area contributed by atoms with Gasteiger partial charge in [-0.3, -0.25) is 33.0 Å². The van der Waals surface area contributed by atoms with Crippen LogP contribution >= 0.6 is 7.82 Å². The molecule has 0 unspecified atom stereocenters. The Morgan fingerprint density at radius 2 is 1.18 bits per heavy atom. The molecule has 0 N–H and O–H groups in total. The fourth-order valence-corrected chi connectivity index (χ4v) is 7.91. The summed E-state index contributed by atoms with van der Waals surface area (Å²) in [4.78, 5) is 31.0. The molecule has 6 fully saturated rings. The van der Waals surface area contributed by atoms with Gasteiger partial charge in [0.05, 0.1) is 33.0 Å². The van der Waals surface area contributed by atoms with Crippen LogP contribution in [-0.4, -0.2) is 99.3 Å². The number of methoxy groups -OCH3 is 2. The van der Waals surface area contributed by atoms with E-state index < -0.39 is 18.9 Å². The monoisotopic (exact) mass is 550 g/mol. The minimum atomic E-state index is -4.22. The highest BCUT2D eigenvalue weighted by atomic mass is 31.2. The summed E-state index contributed by atoms with van der Waals surface area (Å²) in [5.74, 6) is -0.0173. The van der Waals surface area contributed by atoms with Crippen molar-refractivity contribution in [3.8, 4) is 0 Å². The lowest BCUT2D eigenvalue weighted by atomic mass is 9.74. The molecule has 0 radical (unpaired) electrons. The molecule has 11 heteroatoms. The van der Waals surface area contributed by atoms with Crippen molar-refractivity contribution in [2.24, 2.45) is 11.8 Å². The van der Waals surface area contributed by atoms with Crippen LogP contribution in [0.25, 0.3) is 0 Å². The number of Topliss-reactive ketones (excluding diaryl/α,β-unsaturated/α-hetero) is 2. The van der Waals surface area contributed by atoms with Gasteiger partial charge in [0.2, 0.25) is 0 Å². The second-order valence-corrected chi connectivity index (χ2v) is 12.6. The van der Waals surface area contributed by atoms with Gasteiger partial charge in [-0.2, -0.15) is 0 Å². The Labute approximate surface area is 224 Å². The third-order valence-electron chi connectivity index (χ3n) is 8.78. The standard InChI is InChI=1S/C27H39N2O8P/c1-33-17-26(24(30)22-8-12-28(26)13-9-22)19-36-38(32,35-16-21-6-4-3-5-7-21)37-20-27(18-34-2)25(31)23-10-14-29(27)15-11-23/h3-7,22-23H,8-20H2,1-2H3/t26-,27-/m1/s1. The van der Waals surface area contributed by atoms with Crippen LogP contribution in [0.1, 0.15) is 31.2 Å². The zero-order valence-corrected chi connectivity index (χ0v) is 23.2. The van der Waals surface area contributed by atoms with E-state index in [1.165, 1.54) is 0 Å². The molecular formula is C27H39N2O8P. The second-order valence-electron chi connectivity index (χ2n) is 10.9. The molecule has 4 bridgehead atoms. The Kier molecular flexibility index (Phi) is 8.53. The largest absolute Gasteiger partial charge is 0.475 e. The lowest BCUT2D eigenvalue weighted by Crippen LogP contribution is -2.69. The van der Waals surface area contributed by atoms with Crippen molar-refractivity contribution < 1.29 is 37.2 Å². The molecule has 6 saturated heterocycles. The maximum atomic E-state index is 14.2. The van der Waals surface area contributed by atoms with Gasteiger partial charge in [0.25, 0.3) is 0 Å². The number of rotatable bonds is 13. The number of phosphoric ester groups is 1. The fraction of sp³-hybridized carbons (Fsp3) is 0.704. The summed E-state index contributed by atoms with van der Waals surface area (Å²) in [5.41, 5.74) is -1.29. The maximum Gasteiger partial charge on any atom is 0.475 e. The number of carbonyl (C=O) groups excluding carboxylic acids is 2. The number of carbonyl (C=O) groups is 2. The third kappa shape index (κ3) is 5.18. The smallest absolute Gasteiger partial charge is 0.382 e. The molecule has 6 aliphatic rings. The molecule has 0 amide bonds. The van der Waals surface area contributed by atoms with Crippen molar-refractivity contribution in [3.05, 3.63) is 35.9 Å². The number of fused-ring (bicyclic) bond motifs is 6. The SMILES string of the molecule is COC[C@@]1(COP(=O)(OCc2ccccc2)OC[C@]2(COC)C(=O)C3CCN2CC3)C(=O)C2CCN1CC2. The van der Waals surface area contributed by atoms with Crippen molar-refractivity contribution in [2.75, 3.05) is 66.8 Å². The molecule has 6 aliphatic heterocycles. The molecule has 1 aromatic carbocycles. The lowest BCUT2D eigenvalue weighted by Gasteiger charge is -2.52. The van der Waals surface area contributed by atoms with Crippen molar-refractivity contribution >= 4 is 19.4 Å². The van der Waals surface area contributed by atoms with Crippen LogP contribution in [0.15, 0.2) is 30.3 Å². The Bertz CT molecular complexity index is 983. The van der Waals surface area contributed by atoms with Crippen LogP contribution in [0, 0.1) is 11.8 Å². The van der Waals surface area contributed by atoms with Crippen LogP contribution in [0.2, 0.25) is 0 Å². The van der Waals surface area contributed by atoms with Crippen LogP contribution in [0.5, 0.6) is 0 Å². The molecule has 0 aliphatic carbocycles. The van der Waals surface area contributed by atoms with E-state index in [1.807, 2.05) is 30.3 Å². The van der Waals surface area contributed by atoms with Gasteiger partial charge in [-0.15, -0.1) is 0 Å². The molecule has 0 saturated carbocycles. The molecule has 1 aromatic rings. The molecule has 210 valence electrons. The summed E-state index contributed by atoms with van der Waals surface area (Å²) < 4.78 is 43.0. The summed E-state index contributed by atoms with van der Waals surface area (Å²) in [6, 6.07) is 9.32. The average molecular weight is 551 g/mol. The fourth-order valence-electron chi connectivity index (χ4n) is 6.63. The van der Waals surface area contributed by atoms with E-state index in [-0.39, 0.29) is 56.4 Å². The summed E-state index contributed by atoms with van der Waals surface area (Å²) in [6.07, 6.45) is 3.23. The highest BCUT2D eigenvalue weighted by Gasteiger charge is 2.56. The number of nitrogens with zero attached hydrogens (tertiary/aromatic N) is 2. The second kappa shape index (κ2) is 11.6. The van der Waals surface area contributed by atoms with E-state index in [1.54, 1.807) is 14.2 Å². The summed E-state index contributed by atoms with van der Waals surface area (Å²) in [6.45, 7) is 2.89. The van der Waals surface area contributed by atoms with E-state index in [9.17, 15) is 14.2 Å². The summed E-state index contributed by atoms with van der Waals surface area (Å²) >= 11 is 0. The van der Waals surface area contributed by atoms with E-state index >= 15 is 0 Å². The van der Waals surface area contributed by atoms with E-state index in [2.05, 4.69) is 9.80 Å². The van der Waals surface area contributed by atoms with Gasteiger partial charge < -0.3 is 9.47 Å². The normalized spacial score (nSPS) is 35.9. The lowest BCUT2D eigenvalue weighted by molar-refractivity contribution is -0.159. The Hall–Kier alpha value is -1.49. The van der Waals surface area contributed by atoms with E-state index in [0.717, 1.165) is 57.4 Å². The molecule has 6 heterocycles. The predicted molar refractivity (Wildman–Crippen MR) is 139 cm³/mol. The minimum absolute atomic E-state index is 0.00670.